The summed E-state index contributed by atoms with van der Waals surface area (Å²) in [6.45, 7) is 1.82. The van der Waals surface area contributed by atoms with Gasteiger partial charge in [0, 0.05) is 34.0 Å². The SMILES string of the molecule is C[C@@]1(Cc2ccc(Br)cc2)C(=O)N(c2cc(Cl)cc(Cl)c2)c2ncc(S(=O)(=O)N3CCC(F)CC3)n21. The molecule has 36 heavy (non-hydrogen) atoms. The van der Waals surface area contributed by atoms with Crippen molar-refractivity contribution in [3.05, 3.63) is 68.7 Å². The van der Waals surface area contributed by atoms with Gasteiger partial charge in [0.1, 0.15) is 11.7 Å². The van der Waals surface area contributed by atoms with Crippen molar-refractivity contribution in [3.63, 3.8) is 0 Å². The summed E-state index contributed by atoms with van der Waals surface area (Å²) in [4.78, 5) is 19.8. The molecule has 0 N–H and O–H groups in total. The Morgan fingerprint density at radius 2 is 1.72 bits per heavy atom. The van der Waals surface area contributed by atoms with Crippen LogP contribution in [0.5, 0.6) is 0 Å². The average molecular weight is 616 g/mol. The number of nitrogens with zero attached hydrogens (tertiary/aromatic N) is 4. The molecule has 12 heteroatoms. The standard InChI is InChI=1S/C24H22BrCl2FN4O3S/c1-24(13-15-2-4-16(25)5-3-15)22(33)31(20-11-17(26)10-18(27)12-20)23-29-14-21(32(23)24)36(34,35)30-8-6-19(28)7-9-30/h2-5,10-12,14,19H,6-9,13H2,1H3/t24-/m1/s1. The summed E-state index contributed by atoms with van der Waals surface area (Å²) >= 11 is 15.9. The first-order chi connectivity index (χ1) is 17.0. The van der Waals surface area contributed by atoms with Gasteiger partial charge in [-0.1, -0.05) is 51.3 Å². The number of piperidine rings is 1. The molecule has 0 aliphatic carbocycles. The number of halogens is 4. The summed E-state index contributed by atoms with van der Waals surface area (Å²) in [5, 5.41) is 0.539. The number of aromatic nitrogens is 2. The minimum Gasteiger partial charge on any atom is -0.284 e. The first-order valence-corrected chi connectivity index (χ1v) is 14.3. The highest BCUT2D eigenvalue weighted by molar-refractivity contribution is 9.10. The Kier molecular flexibility index (Phi) is 6.70. The lowest BCUT2D eigenvalue weighted by Crippen LogP contribution is -2.44. The molecule has 5 rings (SSSR count). The molecule has 7 nitrogen and oxygen atoms in total. The predicted molar refractivity (Wildman–Crippen MR) is 140 cm³/mol. The van der Waals surface area contributed by atoms with Crippen LogP contribution in [0.1, 0.15) is 25.3 Å². The molecule has 2 aliphatic heterocycles. The number of carbonyl (C=O) groups is 1. The van der Waals surface area contributed by atoms with Crippen molar-refractivity contribution in [1.29, 1.82) is 0 Å². The average Bonchev–Trinajstić information content (AvgIpc) is 3.34. The van der Waals surface area contributed by atoms with Gasteiger partial charge in [-0.3, -0.25) is 9.36 Å². The third kappa shape index (κ3) is 4.36. The zero-order chi connectivity index (χ0) is 25.8. The van der Waals surface area contributed by atoms with Crippen LogP contribution in [-0.2, 0) is 26.8 Å². The summed E-state index contributed by atoms with van der Waals surface area (Å²) in [5.41, 5.74) is -0.109. The molecule has 1 aromatic heterocycles. The van der Waals surface area contributed by atoms with Crippen LogP contribution >= 0.6 is 39.1 Å². The van der Waals surface area contributed by atoms with E-state index in [1.54, 1.807) is 25.1 Å². The topological polar surface area (TPSA) is 75.5 Å². The van der Waals surface area contributed by atoms with Gasteiger partial charge in [-0.05, 0) is 55.7 Å². The fourth-order valence-electron chi connectivity index (χ4n) is 4.81. The highest BCUT2D eigenvalue weighted by Gasteiger charge is 2.52. The monoisotopic (exact) mass is 614 g/mol. The highest BCUT2D eigenvalue weighted by Crippen LogP contribution is 2.45. The third-order valence-corrected chi connectivity index (χ3v) is 9.45. The maximum Gasteiger partial charge on any atom is 0.260 e. The molecule has 1 amide bonds. The second-order valence-electron chi connectivity index (χ2n) is 9.16. The molecule has 2 aliphatic rings. The minimum atomic E-state index is -4.05. The molecule has 2 aromatic carbocycles. The number of fused-ring (bicyclic) bond motifs is 1. The molecular formula is C24H22BrCl2FN4O3S. The molecule has 0 bridgehead atoms. The Morgan fingerprint density at radius 3 is 2.33 bits per heavy atom. The van der Waals surface area contributed by atoms with Crippen LogP contribution in [0, 0.1) is 0 Å². The summed E-state index contributed by atoms with van der Waals surface area (Å²) in [7, 11) is -4.05. The number of sulfonamides is 1. The summed E-state index contributed by atoms with van der Waals surface area (Å²) in [5.74, 6) is -0.220. The number of carbonyl (C=O) groups excluding carboxylic acids is 1. The molecule has 3 aromatic rings. The zero-order valence-corrected chi connectivity index (χ0v) is 23.1. The summed E-state index contributed by atoms with van der Waals surface area (Å²) in [6.07, 6.45) is 0.699. The number of rotatable bonds is 5. The molecule has 190 valence electrons. The molecule has 0 saturated carbocycles. The summed E-state index contributed by atoms with van der Waals surface area (Å²) in [6, 6.07) is 12.2. The van der Waals surface area contributed by atoms with Crippen LogP contribution < -0.4 is 4.90 Å². The van der Waals surface area contributed by atoms with Crippen LogP contribution in [0.3, 0.4) is 0 Å². The number of amides is 1. The Morgan fingerprint density at radius 1 is 1.11 bits per heavy atom. The van der Waals surface area contributed by atoms with Crippen molar-refractivity contribution >= 4 is 66.7 Å². The zero-order valence-electron chi connectivity index (χ0n) is 19.2. The number of hydrogen-bond donors (Lipinski definition) is 0. The normalized spacial score (nSPS) is 21.2. The fourth-order valence-corrected chi connectivity index (χ4v) is 7.25. The predicted octanol–water partition coefficient (Wildman–Crippen LogP) is 5.71. The first kappa shape index (κ1) is 25.7. The van der Waals surface area contributed by atoms with Crippen molar-refractivity contribution in [2.45, 2.75) is 42.9 Å². The van der Waals surface area contributed by atoms with Gasteiger partial charge in [0.15, 0.2) is 5.03 Å². The smallest absolute Gasteiger partial charge is 0.260 e. The van der Waals surface area contributed by atoms with E-state index in [9.17, 15) is 17.6 Å². The highest BCUT2D eigenvalue weighted by atomic mass is 79.9. The first-order valence-electron chi connectivity index (χ1n) is 11.3. The van der Waals surface area contributed by atoms with E-state index in [1.807, 2.05) is 24.3 Å². The molecule has 1 fully saturated rings. The van der Waals surface area contributed by atoms with Crippen LogP contribution in [0.4, 0.5) is 16.0 Å². The Labute approximate surface area is 227 Å². The molecule has 0 unspecified atom stereocenters. The van der Waals surface area contributed by atoms with Gasteiger partial charge >= 0.3 is 0 Å². The molecule has 1 atom stereocenters. The van der Waals surface area contributed by atoms with Gasteiger partial charge in [0.2, 0.25) is 5.95 Å². The molecule has 0 spiro atoms. The van der Waals surface area contributed by atoms with E-state index in [0.717, 1.165) is 10.0 Å². The number of anilines is 2. The van der Waals surface area contributed by atoms with Crippen LogP contribution in [0.2, 0.25) is 10.0 Å². The number of benzene rings is 2. The van der Waals surface area contributed by atoms with E-state index in [-0.39, 0.29) is 49.2 Å². The minimum absolute atomic E-state index is 0.0645. The quantitative estimate of drug-likeness (QED) is 0.368. The second kappa shape index (κ2) is 9.40. The maximum atomic E-state index is 14.0. The van der Waals surface area contributed by atoms with Crippen LogP contribution in [-0.4, -0.2) is 47.4 Å². The van der Waals surface area contributed by atoms with Crippen LogP contribution in [0.15, 0.2) is 58.2 Å². The molecule has 0 radical (unpaired) electrons. The van der Waals surface area contributed by atoms with E-state index >= 15 is 0 Å². The van der Waals surface area contributed by atoms with Crippen molar-refractivity contribution in [1.82, 2.24) is 13.9 Å². The van der Waals surface area contributed by atoms with E-state index < -0.39 is 21.7 Å². The Hall–Kier alpha value is -1.98. The van der Waals surface area contributed by atoms with E-state index in [0.29, 0.717) is 15.7 Å². The van der Waals surface area contributed by atoms with E-state index in [1.165, 1.54) is 20.0 Å². The number of imidazole rings is 1. The van der Waals surface area contributed by atoms with Crippen molar-refractivity contribution in [2.24, 2.45) is 0 Å². The van der Waals surface area contributed by atoms with Crippen molar-refractivity contribution in [2.75, 3.05) is 18.0 Å². The van der Waals surface area contributed by atoms with Crippen molar-refractivity contribution < 1.29 is 17.6 Å². The van der Waals surface area contributed by atoms with Gasteiger partial charge in [-0.15, -0.1) is 0 Å². The number of alkyl halides is 1. The molecule has 1 saturated heterocycles. The molecule has 3 heterocycles. The van der Waals surface area contributed by atoms with Crippen molar-refractivity contribution in [3.8, 4) is 0 Å². The van der Waals surface area contributed by atoms with Crippen LogP contribution in [0.25, 0.3) is 0 Å². The second-order valence-corrected chi connectivity index (χ2v) is 12.8. The third-order valence-electron chi connectivity index (χ3n) is 6.62. The lowest BCUT2D eigenvalue weighted by atomic mass is 9.92. The summed E-state index contributed by atoms with van der Waals surface area (Å²) < 4.78 is 44.8. The van der Waals surface area contributed by atoms with Gasteiger partial charge < -0.3 is 0 Å². The molecular weight excluding hydrogens is 594 g/mol. The Bertz CT molecular complexity index is 1420. The fraction of sp³-hybridized carbons (Fsp3) is 0.333. The van der Waals surface area contributed by atoms with Gasteiger partial charge in [-0.25, -0.2) is 22.7 Å². The lowest BCUT2D eigenvalue weighted by molar-refractivity contribution is -0.124. The van der Waals surface area contributed by atoms with E-state index in [2.05, 4.69) is 20.9 Å². The van der Waals surface area contributed by atoms with Gasteiger partial charge in [0.05, 0.1) is 11.9 Å². The number of hydrogen-bond acceptors (Lipinski definition) is 4. The largest absolute Gasteiger partial charge is 0.284 e. The Balaban J connectivity index is 1.66. The lowest BCUT2D eigenvalue weighted by Gasteiger charge is -2.30. The van der Waals surface area contributed by atoms with E-state index in [4.69, 9.17) is 23.2 Å². The maximum absolute atomic E-state index is 14.0. The van der Waals surface area contributed by atoms with Gasteiger partial charge in [-0.2, -0.15) is 4.31 Å². The van der Waals surface area contributed by atoms with Gasteiger partial charge in [0.25, 0.3) is 15.9 Å².